The van der Waals surface area contributed by atoms with Crippen molar-refractivity contribution in [1.29, 1.82) is 0 Å². The van der Waals surface area contributed by atoms with E-state index in [0.29, 0.717) is 6.61 Å². The van der Waals surface area contributed by atoms with Gasteiger partial charge >= 0.3 is 18.0 Å². The van der Waals surface area contributed by atoms with E-state index in [1.807, 2.05) is 0 Å². The number of nitrogens with zero attached hydrogens (tertiary/aromatic N) is 1. The molecule has 0 saturated carbocycles. The minimum absolute atomic E-state index is 0.0229. The zero-order valence-electron chi connectivity index (χ0n) is 18.0. The number of rotatable bonds is 10. The third-order valence-electron chi connectivity index (χ3n) is 3.98. The Morgan fingerprint density at radius 2 is 1.86 bits per heavy atom. The number of esters is 2. The SMILES string of the molecule is C=C(C)OC(=O)N[C@@H](CCC(=O)OCCCN1CCNCC1)C(=O)OC(C)(C)C. The van der Waals surface area contributed by atoms with E-state index in [9.17, 15) is 14.4 Å². The summed E-state index contributed by atoms with van der Waals surface area (Å²) in [7, 11) is 0. The molecular formula is C20H35N3O6. The van der Waals surface area contributed by atoms with Crippen molar-refractivity contribution in [3.8, 4) is 0 Å². The molecule has 0 bridgehead atoms. The minimum Gasteiger partial charge on any atom is -0.466 e. The van der Waals surface area contributed by atoms with E-state index >= 15 is 0 Å². The van der Waals surface area contributed by atoms with Gasteiger partial charge in [0.1, 0.15) is 11.6 Å². The molecule has 1 aliphatic rings. The second-order valence-electron chi connectivity index (χ2n) is 8.03. The van der Waals surface area contributed by atoms with Crippen LogP contribution in [-0.2, 0) is 23.8 Å². The molecule has 1 aliphatic heterocycles. The summed E-state index contributed by atoms with van der Waals surface area (Å²) < 4.78 is 15.4. The van der Waals surface area contributed by atoms with E-state index < -0.39 is 29.7 Å². The van der Waals surface area contributed by atoms with Crippen molar-refractivity contribution < 1.29 is 28.6 Å². The summed E-state index contributed by atoms with van der Waals surface area (Å²) in [6.07, 6.45) is -0.0377. The van der Waals surface area contributed by atoms with Gasteiger partial charge in [-0.15, -0.1) is 0 Å². The largest absolute Gasteiger partial charge is 0.466 e. The lowest BCUT2D eigenvalue weighted by molar-refractivity contribution is -0.157. The number of hydrogen-bond acceptors (Lipinski definition) is 8. The fourth-order valence-corrected chi connectivity index (χ4v) is 2.70. The summed E-state index contributed by atoms with van der Waals surface area (Å²) in [6, 6.07) is -1.02. The Morgan fingerprint density at radius 1 is 1.21 bits per heavy atom. The molecule has 1 rings (SSSR count). The van der Waals surface area contributed by atoms with Gasteiger partial charge in [0.25, 0.3) is 0 Å². The Hall–Kier alpha value is -2.13. The first-order valence-electron chi connectivity index (χ1n) is 10.0. The maximum atomic E-state index is 12.4. The molecule has 166 valence electrons. The highest BCUT2D eigenvalue weighted by molar-refractivity contribution is 5.82. The molecule has 9 nitrogen and oxygen atoms in total. The Kier molecular flexibility index (Phi) is 10.7. The zero-order chi connectivity index (χ0) is 21.9. The molecule has 1 heterocycles. The van der Waals surface area contributed by atoms with Gasteiger partial charge in [-0.3, -0.25) is 4.79 Å². The Morgan fingerprint density at radius 3 is 2.45 bits per heavy atom. The minimum atomic E-state index is -1.02. The monoisotopic (exact) mass is 413 g/mol. The molecule has 0 aromatic rings. The second kappa shape index (κ2) is 12.4. The lowest BCUT2D eigenvalue weighted by Crippen LogP contribution is -2.44. The summed E-state index contributed by atoms with van der Waals surface area (Å²) in [5, 5.41) is 5.71. The number of carbonyl (C=O) groups is 3. The van der Waals surface area contributed by atoms with Gasteiger partial charge in [-0.05, 0) is 40.5 Å². The van der Waals surface area contributed by atoms with Crippen LogP contribution in [0.15, 0.2) is 12.3 Å². The molecule has 2 N–H and O–H groups in total. The van der Waals surface area contributed by atoms with Crippen LogP contribution in [0.3, 0.4) is 0 Å². The van der Waals surface area contributed by atoms with Crippen molar-refractivity contribution in [2.24, 2.45) is 0 Å². The first-order valence-corrected chi connectivity index (χ1v) is 10.0. The molecule has 1 amide bonds. The molecule has 0 spiro atoms. The van der Waals surface area contributed by atoms with Gasteiger partial charge in [0.2, 0.25) is 0 Å². The molecule has 0 radical (unpaired) electrons. The van der Waals surface area contributed by atoms with Crippen molar-refractivity contribution in [2.45, 2.75) is 58.6 Å². The van der Waals surface area contributed by atoms with Crippen molar-refractivity contribution in [1.82, 2.24) is 15.5 Å². The maximum Gasteiger partial charge on any atom is 0.412 e. The molecular weight excluding hydrogens is 378 g/mol. The summed E-state index contributed by atoms with van der Waals surface area (Å²) in [5.74, 6) is -0.869. The molecule has 0 aliphatic carbocycles. The van der Waals surface area contributed by atoms with Crippen LogP contribution >= 0.6 is 0 Å². The topological polar surface area (TPSA) is 106 Å². The van der Waals surface area contributed by atoms with Gasteiger partial charge in [-0.2, -0.15) is 0 Å². The predicted molar refractivity (Wildman–Crippen MR) is 108 cm³/mol. The van der Waals surface area contributed by atoms with Gasteiger partial charge in [0, 0.05) is 39.1 Å². The van der Waals surface area contributed by atoms with Crippen LogP contribution in [0.1, 0.15) is 47.0 Å². The highest BCUT2D eigenvalue weighted by atomic mass is 16.6. The van der Waals surface area contributed by atoms with E-state index in [2.05, 4.69) is 22.1 Å². The zero-order valence-corrected chi connectivity index (χ0v) is 18.0. The van der Waals surface area contributed by atoms with Crippen LogP contribution < -0.4 is 10.6 Å². The average molecular weight is 414 g/mol. The Labute approximate surface area is 173 Å². The highest BCUT2D eigenvalue weighted by Gasteiger charge is 2.28. The summed E-state index contributed by atoms with van der Waals surface area (Å²) in [5.41, 5.74) is -0.722. The van der Waals surface area contributed by atoms with Crippen molar-refractivity contribution in [3.05, 3.63) is 12.3 Å². The normalized spacial score (nSPS) is 15.9. The molecule has 9 heteroatoms. The quantitative estimate of drug-likeness (QED) is 0.241. The highest BCUT2D eigenvalue weighted by Crippen LogP contribution is 2.12. The summed E-state index contributed by atoms with van der Waals surface area (Å²) in [4.78, 5) is 38.5. The molecule has 0 aromatic carbocycles. The van der Waals surface area contributed by atoms with Crippen LogP contribution in [0.2, 0.25) is 0 Å². The third-order valence-corrected chi connectivity index (χ3v) is 3.98. The maximum absolute atomic E-state index is 12.4. The first-order chi connectivity index (χ1) is 13.6. The lowest BCUT2D eigenvalue weighted by Gasteiger charge is -2.26. The summed E-state index contributed by atoms with van der Waals surface area (Å²) >= 11 is 0. The standard InChI is InChI=1S/C20H35N3O6/c1-15(2)28-19(26)22-16(18(25)29-20(3,4)5)7-8-17(24)27-14-6-11-23-12-9-21-10-13-23/h16,21H,1,6-14H2,2-5H3,(H,22,26)/t16-/m0/s1. The van der Waals surface area contributed by atoms with E-state index in [4.69, 9.17) is 14.2 Å². The lowest BCUT2D eigenvalue weighted by atomic mass is 10.1. The number of piperazine rings is 1. The Bertz CT molecular complexity index is 567. The molecule has 0 unspecified atom stereocenters. The van der Waals surface area contributed by atoms with Crippen LogP contribution in [0, 0.1) is 0 Å². The van der Waals surface area contributed by atoms with E-state index in [1.54, 1.807) is 20.8 Å². The number of nitrogens with one attached hydrogen (secondary N) is 2. The molecule has 1 atom stereocenters. The van der Waals surface area contributed by atoms with E-state index in [0.717, 1.165) is 39.1 Å². The fourth-order valence-electron chi connectivity index (χ4n) is 2.70. The van der Waals surface area contributed by atoms with Gasteiger partial charge in [0.15, 0.2) is 0 Å². The smallest absolute Gasteiger partial charge is 0.412 e. The fraction of sp³-hybridized carbons (Fsp3) is 0.750. The number of amides is 1. The molecule has 29 heavy (non-hydrogen) atoms. The predicted octanol–water partition coefficient (Wildman–Crippen LogP) is 1.58. The number of allylic oxidation sites excluding steroid dienone is 1. The van der Waals surface area contributed by atoms with Crippen LogP contribution in [-0.4, -0.2) is 73.9 Å². The van der Waals surface area contributed by atoms with E-state index in [1.165, 1.54) is 6.92 Å². The average Bonchev–Trinajstić information content (AvgIpc) is 2.61. The first kappa shape index (κ1) is 24.9. The molecule has 0 aromatic heterocycles. The molecule has 1 saturated heterocycles. The van der Waals surface area contributed by atoms with E-state index in [-0.39, 0.29) is 18.6 Å². The molecule has 1 fully saturated rings. The number of ether oxygens (including phenoxy) is 3. The summed E-state index contributed by atoms with van der Waals surface area (Å²) in [6.45, 7) is 15.3. The third kappa shape index (κ3) is 12.1. The number of alkyl carbamates (subject to hydrolysis) is 1. The van der Waals surface area contributed by atoms with Gasteiger partial charge in [-0.25, -0.2) is 9.59 Å². The van der Waals surface area contributed by atoms with Gasteiger partial charge in [0.05, 0.1) is 12.4 Å². The van der Waals surface area contributed by atoms with Crippen LogP contribution in [0.5, 0.6) is 0 Å². The Balaban J connectivity index is 2.41. The van der Waals surface area contributed by atoms with Crippen molar-refractivity contribution in [2.75, 3.05) is 39.3 Å². The van der Waals surface area contributed by atoms with Crippen molar-refractivity contribution >= 4 is 18.0 Å². The number of carbonyl (C=O) groups excluding carboxylic acids is 3. The van der Waals surface area contributed by atoms with Gasteiger partial charge < -0.3 is 29.7 Å². The van der Waals surface area contributed by atoms with Gasteiger partial charge in [-0.1, -0.05) is 6.58 Å². The van der Waals surface area contributed by atoms with Crippen LogP contribution in [0.25, 0.3) is 0 Å². The number of hydrogen-bond donors (Lipinski definition) is 2. The van der Waals surface area contributed by atoms with Crippen LogP contribution in [0.4, 0.5) is 4.79 Å². The second-order valence-corrected chi connectivity index (χ2v) is 8.03. The van der Waals surface area contributed by atoms with Crippen molar-refractivity contribution in [3.63, 3.8) is 0 Å².